The molecule has 0 unspecified atom stereocenters. The average molecular weight is 386 g/mol. The number of furan rings is 1. The molecule has 0 atom stereocenters. The Balaban J connectivity index is 1.98. The van der Waals surface area contributed by atoms with Gasteiger partial charge in [-0.15, -0.1) is 11.3 Å². The topological polar surface area (TPSA) is 97.6 Å². The van der Waals surface area contributed by atoms with Crippen LogP contribution in [0.5, 0.6) is 0 Å². The third kappa shape index (κ3) is 3.56. The summed E-state index contributed by atoms with van der Waals surface area (Å²) in [6.07, 6.45) is 0. The Morgan fingerprint density at radius 1 is 1.19 bits per heavy atom. The van der Waals surface area contributed by atoms with Crippen molar-refractivity contribution < 1.29 is 23.5 Å². The van der Waals surface area contributed by atoms with E-state index >= 15 is 0 Å². The van der Waals surface area contributed by atoms with Gasteiger partial charge < -0.3 is 19.8 Å². The van der Waals surface area contributed by atoms with Gasteiger partial charge in [0.15, 0.2) is 5.76 Å². The lowest BCUT2D eigenvalue weighted by atomic mass is 10.1. The molecule has 0 radical (unpaired) electrons. The number of benzene rings is 1. The number of hydrogen-bond acceptors (Lipinski definition) is 6. The summed E-state index contributed by atoms with van der Waals surface area (Å²) < 4.78 is 10.6. The highest BCUT2D eigenvalue weighted by atomic mass is 32.1. The predicted octanol–water partition coefficient (Wildman–Crippen LogP) is 3.59. The molecule has 27 heavy (non-hydrogen) atoms. The van der Waals surface area contributed by atoms with Gasteiger partial charge in [0.25, 0.3) is 11.8 Å². The largest absolute Gasteiger partial charge is 0.462 e. The Kier molecular flexibility index (Phi) is 5.27. The molecule has 0 fully saturated rings. The number of hydrogen-bond donors (Lipinski definition) is 2. The van der Waals surface area contributed by atoms with Gasteiger partial charge in [0.1, 0.15) is 10.6 Å². The van der Waals surface area contributed by atoms with E-state index in [-0.39, 0.29) is 28.8 Å². The Morgan fingerprint density at radius 3 is 2.59 bits per heavy atom. The lowest BCUT2D eigenvalue weighted by Crippen LogP contribution is -2.18. The number of rotatable bonds is 5. The van der Waals surface area contributed by atoms with E-state index in [2.05, 4.69) is 10.6 Å². The zero-order chi connectivity index (χ0) is 19.6. The fraction of sp³-hybridized carbons (Fsp3) is 0.211. The number of anilines is 1. The van der Waals surface area contributed by atoms with E-state index < -0.39 is 11.9 Å². The van der Waals surface area contributed by atoms with Gasteiger partial charge >= 0.3 is 5.97 Å². The lowest BCUT2D eigenvalue weighted by molar-refractivity contribution is 0.0527. The Hall–Kier alpha value is -3.13. The predicted molar refractivity (Wildman–Crippen MR) is 103 cm³/mol. The first-order valence-electron chi connectivity index (χ1n) is 8.28. The standard InChI is InChI=1S/C19H18N2O5S/c1-4-25-19(24)14-10(2)15(17(23)20-3)27-18(14)21-16(22)13-9-11-7-5-6-8-12(11)26-13/h5-9H,4H2,1-3H3,(H,20,23)(H,21,22). The molecular weight excluding hydrogens is 368 g/mol. The molecule has 0 aliphatic carbocycles. The fourth-order valence-electron chi connectivity index (χ4n) is 2.64. The molecule has 2 aromatic heterocycles. The molecule has 1 aromatic carbocycles. The minimum absolute atomic E-state index is 0.110. The van der Waals surface area contributed by atoms with Crippen molar-refractivity contribution in [1.82, 2.24) is 5.32 Å². The maximum atomic E-state index is 12.6. The van der Waals surface area contributed by atoms with Crippen LogP contribution in [0.15, 0.2) is 34.7 Å². The van der Waals surface area contributed by atoms with Crippen molar-refractivity contribution in [3.63, 3.8) is 0 Å². The van der Waals surface area contributed by atoms with Gasteiger partial charge in [-0.25, -0.2) is 4.79 Å². The van der Waals surface area contributed by atoms with Crippen LogP contribution in [-0.4, -0.2) is 31.4 Å². The van der Waals surface area contributed by atoms with Crippen LogP contribution in [-0.2, 0) is 4.74 Å². The molecule has 2 amide bonds. The highest BCUT2D eigenvalue weighted by Crippen LogP contribution is 2.34. The third-order valence-corrected chi connectivity index (χ3v) is 5.14. The van der Waals surface area contributed by atoms with E-state index in [1.54, 1.807) is 26.0 Å². The summed E-state index contributed by atoms with van der Waals surface area (Å²) in [5, 5.41) is 6.24. The average Bonchev–Trinajstić information content (AvgIpc) is 3.22. The SMILES string of the molecule is CCOC(=O)c1c(NC(=O)c2cc3ccccc3o2)sc(C(=O)NC)c1C. The second-order valence-corrected chi connectivity index (χ2v) is 6.68. The summed E-state index contributed by atoms with van der Waals surface area (Å²) in [7, 11) is 1.50. The number of nitrogens with one attached hydrogen (secondary N) is 2. The second-order valence-electron chi connectivity index (χ2n) is 5.66. The molecule has 0 aliphatic rings. The van der Waals surface area contributed by atoms with Gasteiger partial charge in [0.2, 0.25) is 0 Å². The molecule has 7 nitrogen and oxygen atoms in total. The molecule has 3 rings (SSSR count). The minimum Gasteiger partial charge on any atom is -0.462 e. The van der Waals surface area contributed by atoms with Crippen LogP contribution in [0, 0.1) is 6.92 Å². The number of ether oxygens (including phenoxy) is 1. The van der Waals surface area contributed by atoms with Gasteiger partial charge in [-0.2, -0.15) is 0 Å². The summed E-state index contributed by atoms with van der Waals surface area (Å²) in [5.41, 5.74) is 1.21. The molecule has 0 saturated carbocycles. The molecule has 140 valence electrons. The smallest absolute Gasteiger partial charge is 0.341 e. The highest BCUT2D eigenvalue weighted by molar-refractivity contribution is 7.18. The van der Waals surface area contributed by atoms with Crippen LogP contribution in [0.4, 0.5) is 5.00 Å². The monoisotopic (exact) mass is 386 g/mol. The Morgan fingerprint density at radius 2 is 1.93 bits per heavy atom. The molecule has 8 heteroatoms. The van der Waals surface area contributed by atoms with Gasteiger partial charge in [-0.1, -0.05) is 18.2 Å². The molecular formula is C19H18N2O5S. The molecule has 3 aromatic rings. The van der Waals surface area contributed by atoms with E-state index in [1.807, 2.05) is 18.2 Å². The van der Waals surface area contributed by atoms with Crippen LogP contribution in [0.1, 0.15) is 43.1 Å². The van der Waals surface area contributed by atoms with E-state index in [0.29, 0.717) is 16.0 Å². The zero-order valence-corrected chi connectivity index (χ0v) is 15.9. The number of carbonyl (C=O) groups excluding carboxylic acids is 3. The maximum absolute atomic E-state index is 12.6. The Labute approximate surface area is 159 Å². The maximum Gasteiger partial charge on any atom is 0.341 e. The third-order valence-electron chi connectivity index (χ3n) is 3.94. The van der Waals surface area contributed by atoms with Crippen LogP contribution >= 0.6 is 11.3 Å². The molecule has 0 saturated heterocycles. The summed E-state index contributed by atoms with van der Waals surface area (Å²) in [6.45, 7) is 3.51. The number of amides is 2. The van der Waals surface area contributed by atoms with Crippen molar-refractivity contribution in [2.75, 3.05) is 19.0 Å². The van der Waals surface area contributed by atoms with Crippen LogP contribution in [0.25, 0.3) is 11.0 Å². The van der Waals surface area contributed by atoms with E-state index in [9.17, 15) is 14.4 Å². The number of esters is 1. The van der Waals surface area contributed by atoms with Crippen LogP contribution in [0.3, 0.4) is 0 Å². The zero-order valence-electron chi connectivity index (χ0n) is 15.0. The molecule has 2 heterocycles. The van der Waals surface area contributed by atoms with Crippen molar-refractivity contribution >= 4 is 45.1 Å². The number of fused-ring (bicyclic) bond motifs is 1. The quantitative estimate of drug-likeness (QED) is 0.653. The van der Waals surface area contributed by atoms with E-state index in [4.69, 9.17) is 9.15 Å². The normalized spacial score (nSPS) is 10.6. The lowest BCUT2D eigenvalue weighted by Gasteiger charge is -2.06. The number of carbonyl (C=O) groups is 3. The van der Waals surface area contributed by atoms with Crippen molar-refractivity contribution in [2.45, 2.75) is 13.8 Å². The van der Waals surface area contributed by atoms with Crippen molar-refractivity contribution in [3.8, 4) is 0 Å². The van der Waals surface area contributed by atoms with Gasteiger partial charge in [0.05, 0.1) is 17.0 Å². The first-order valence-corrected chi connectivity index (χ1v) is 9.10. The van der Waals surface area contributed by atoms with Gasteiger partial charge in [-0.05, 0) is 31.5 Å². The number of para-hydroxylation sites is 1. The van der Waals surface area contributed by atoms with E-state index in [0.717, 1.165) is 16.7 Å². The Bertz CT molecular complexity index is 1000. The van der Waals surface area contributed by atoms with Crippen molar-refractivity contribution in [1.29, 1.82) is 0 Å². The fourth-order valence-corrected chi connectivity index (χ4v) is 3.78. The molecule has 2 N–H and O–H groups in total. The van der Waals surface area contributed by atoms with Crippen LogP contribution < -0.4 is 10.6 Å². The first-order chi connectivity index (χ1) is 13.0. The molecule has 0 aliphatic heterocycles. The number of thiophene rings is 1. The van der Waals surface area contributed by atoms with E-state index in [1.165, 1.54) is 7.05 Å². The van der Waals surface area contributed by atoms with Gasteiger partial charge in [-0.3, -0.25) is 9.59 Å². The first kappa shape index (κ1) is 18.7. The second kappa shape index (κ2) is 7.63. The summed E-state index contributed by atoms with van der Waals surface area (Å²) in [4.78, 5) is 37.4. The van der Waals surface area contributed by atoms with Crippen molar-refractivity contribution in [3.05, 3.63) is 52.1 Å². The molecule has 0 bridgehead atoms. The minimum atomic E-state index is -0.596. The van der Waals surface area contributed by atoms with Crippen LogP contribution in [0.2, 0.25) is 0 Å². The summed E-state index contributed by atoms with van der Waals surface area (Å²) >= 11 is 1.02. The summed E-state index contributed by atoms with van der Waals surface area (Å²) in [5.74, 6) is -1.34. The summed E-state index contributed by atoms with van der Waals surface area (Å²) in [6, 6.07) is 8.86. The molecule has 0 spiro atoms. The van der Waals surface area contributed by atoms with Gasteiger partial charge in [0, 0.05) is 12.4 Å². The highest BCUT2D eigenvalue weighted by Gasteiger charge is 2.27. The van der Waals surface area contributed by atoms with Crippen molar-refractivity contribution in [2.24, 2.45) is 0 Å².